The van der Waals surface area contributed by atoms with Crippen molar-refractivity contribution in [2.75, 3.05) is 0 Å². The van der Waals surface area contributed by atoms with Crippen LogP contribution >= 0.6 is 0 Å². The summed E-state index contributed by atoms with van der Waals surface area (Å²) in [7, 11) is -4.64. The quantitative estimate of drug-likeness (QED) is 0.656. The third-order valence-electron chi connectivity index (χ3n) is 3.70. The second-order valence-electron chi connectivity index (χ2n) is 5.77. The molecule has 0 aliphatic rings. The minimum absolute atomic E-state index is 0.215. The summed E-state index contributed by atoms with van der Waals surface area (Å²) < 4.78 is 29.8. The van der Waals surface area contributed by atoms with Gasteiger partial charge in [0.1, 0.15) is 0 Å². The lowest BCUT2D eigenvalue weighted by atomic mass is 10.2. The van der Waals surface area contributed by atoms with E-state index in [9.17, 15) is 8.42 Å². The number of aryl methyl sites for hydroxylation is 2. The van der Waals surface area contributed by atoms with Gasteiger partial charge in [0.05, 0.1) is 4.90 Å². The molecule has 0 radical (unpaired) electrons. The molecule has 5 heteroatoms. The van der Waals surface area contributed by atoms with E-state index in [2.05, 4.69) is 3.77 Å². The summed E-state index contributed by atoms with van der Waals surface area (Å²) in [6, 6.07) is 24.1. The Morgan fingerprint density at radius 3 is 1.56 bits per heavy atom. The van der Waals surface area contributed by atoms with E-state index in [-0.39, 0.29) is 4.90 Å². The first-order valence-corrected chi connectivity index (χ1v) is 10.5. The molecule has 0 aliphatic carbocycles. The highest BCUT2D eigenvalue weighted by atomic mass is 32.3. The average molecular weight is 370 g/mol. The third-order valence-corrected chi connectivity index (χ3v) is 7.39. The molecule has 0 atom stereocenters. The number of hydrogen-bond donors (Lipinski definition) is 0. The Labute approximate surface area is 151 Å². The van der Waals surface area contributed by atoms with Crippen molar-refractivity contribution >= 4 is 20.7 Å². The Kier molecular flexibility index (Phi) is 5.16. The summed E-state index contributed by atoms with van der Waals surface area (Å²) in [6.07, 6.45) is 0. The Morgan fingerprint density at radius 2 is 1.12 bits per heavy atom. The normalized spacial score (nSPS) is 11.5. The topological polar surface area (TPSA) is 46.5 Å². The van der Waals surface area contributed by atoms with Crippen molar-refractivity contribution in [1.29, 1.82) is 0 Å². The molecule has 128 valence electrons. The predicted octanol–water partition coefficient (Wildman–Crippen LogP) is 4.91. The molecular formula is C20H19NO2S2. The predicted molar refractivity (Wildman–Crippen MR) is 102 cm³/mol. The standard InChI is InChI=1S/C20H19NO2S2/c1-16-8-12-18(13-9-16)24(19-14-10-17(2)11-15-19)21-25(22,23)20-6-4-3-5-7-20/h3-15H,1-2H3. The summed E-state index contributed by atoms with van der Waals surface area (Å²) in [6.45, 7) is 4.01. The van der Waals surface area contributed by atoms with Gasteiger partial charge in [0.25, 0.3) is 10.0 Å². The second kappa shape index (κ2) is 7.33. The maximum absolute atomic E-state index is 12.8. The smallest absolute Gasteiger partial charge is 0.199 e. The van der Waals surface area contributed by atoms with Crippen LogP contribution in [-0.2, 0) is 20.7 Å². The van der Waals surface area contributed by atoms with E-state index in [1.807, 2.05) is 62.4 Å². The molecule has 0 spiro atoms. The summed E-state index contributed by atoms with van der Waals surface area (Å²) >= 11 is 0. The van der Waals surface area contributed by atoms with Gasteiger partial charge < -0.3 is 0 Å². The van der Waals surface area contributed by atoms with Crippen LogP contribution in [-0.4, -0.2) is 8.42 Å². The molecule has 0 aliphatic heterocycles. The number of sulfonamides is 1. The van der Waals surface area contributed by atoms with E-state index in [4.69, 9.17) is 0 Å². The molecule has 0 N–H and O–H groups in total. The van der Waals surface area contributed by atoms with E-state index < -0.39 is 20.7 Å². The first-order valence-electron chi connectivity index (χ1n) is 7.86. The molecule has 0 unspecified atom stereocenters. The molecule has 0 bridgehead atoms. The molecule has 0 saturated heterocycles. The Morgan fingerprint density at radius 1 is 0.680 bits per heavy atom. The summed E-state index contributed by atoms with van der Waals surface area (Å²) in [5.74, 6) is 0. The van der Waals surface area contributed by atoms with Crippen LogP contribution in [0.1, 0.15) is 11.1 Å². The minimum atomic E-state index is -3.74. The van der Waals surface area contributed by atoms with Crippen LogP contribution in [0.4, 0.5) is 0 Å². The largest absolute Gasteiger partial charge is 0.288 e. The maximum Gasteiger partial charge on any atom is 0.288 e. The number of hydrogen-bond acceptors (Lipinski definition) is 2. The van der Waals surface area contributed by atoms with Crippen molar-refractivity contribution in [3.05, 3.63) is 90.0 Å². The molecule has 25 heavy (non-hydrogen) atoms. The van der Waals surface area contributed by atoms with E-state index in [0.29, 0.717) is 0 Å². The van der Waals surface area contributed by atoms with Crippen molar-refractivity contribution < 1.29 is 8.42 Å². The molecule has 3 nitrogen and oxygen atoms in total. The van der Waals surface area contributed by atoms with Crippen LogP contribution in [0.2, 0.25) is 0 Å². The van der Waals surface area contributed by atoms with Gasteiger partial charge in [-0.05, 0) is 60.9 Å². The Balaban J connectivity index is 2.17. The van der Waals surface area contributed by atoms with Gasteiger partial charge in [-0.15, -0.1) is 3.77 Å². The van der Waals surface area contributed by atoms with Crippen molar-refractivity contribution in [3.8, 4) is 0 Å². The first kappa shape index (κ1) is 17.6. The molecule has 3 aromatic carbocycles. The zero-order chi connectivity index (χ0) is 17.9. The zero-order valence-corrected chi connectivity index (χ0v) is 15.7. The van der Waals surface area contributed by atoms with Crippen LogP contribution in [0.5, 0.6) is 0 Å². The van der Waals surface area contributed by atoms with Gasteiger partial charge in [0.15, 0.2) is 0 Å². The molecule has 0 amide bonds. The van der Waals surface area contributed by atoms with Gasteiger partial charge in [-0.2, -0.15) is 8.42 Å². The van der Waals surface area contributed by atoms with E-state index in [0.717, 1.165) is 20.9 Å². The van der Waals surface area contributed by atoms with Crippen LogP contribution in [0, 0.1) is 13.8 Å². The van der Waals surface area contributed by atoms with Crippen LogP contribution in [0.25, 0.3) is 0 Å². The van der Waals surface area contributed by atoms with E-state index in [1.165, 1.54) is 0 Å². The summed E-state index contributed by atoms with van der Waals surface area (Å²) in [5, 5.41) is 0. The number of benzene rings is 3. The molecule has 0 aromatic heterocycles. The third kappa shape index (κ3) is 4.24. The summed E-state index contributed by atoms with van der Waals surface area (Å²) in [5.41, 5.74) is 2.25. The van der Waals surface area contributed by atoms with Gasteiger partial charge in [0, 0.05) is 9.79 Å². The zero-order valence-electron chi connectivity index (χ0n) is 14.1. The van der Waals surface area contributed by atoms with Crippen LogP contribution < -0.4 is 0 Å². The highest BCUT2D eigenvalue weighted by molar-refractivity contribution is 8.00. The fraction of sp³-hybridized carbons (Fsp3) is 0.100. The summed E-state index contributed by atoms with van der Waals surface area (Å²) in [4.78, 5) is 1.98. The lowest BCUT2D eigenvalue weighted by Crippen LogP contribution is -2.02. The highest BCUT2D eigenvalue weighted by Gasteiger charge is 2.15. The number of nitrogens with zero attached hydrogens (tertiary/aromatic N) is 1. The maximum atomic E-state index is 12.8. The molecule has 0 saturated carbocycles. The van der Waals surface area contributed by atoms with Gasteiger partial charge in [-0.1, -0.05) is 53.6 Å². The lowest BCUT2D eigenvalue weighted by Gasteiger charge is -2.10. The molecular weight excluding hydrogens is 350 g/mol. The van der Waals surface area contributed by atoms with Crippen molar-refractivity contribution in [1.82, 2.24) is 0 Å². The Bertz CT molecular complexity index is 944. The molecule has 3 rings (SSSR count). The fourth-order valence-electron chi connectivity index (χ4n) is 2.29. The van der Waals surface area contributed by atoms with E-state index >= 15 is 0 Å². The lowest BCUT2D eigenvalue weighted by molar-refractivity contribution is 0.598. The minimum Gasteiger partial charge on any atom is -0.199 e. The first-order chi connectivity index (χ1) is 12.0. The van der Waals surface area contributed by atoms with Crippen LogP contribution in [0.15, 0.2) is 97.3 Å². The highest BCUT2D eigenvalue weighted by Crippen LogP contribution is 2.23. The van der Waals surface area contributed by atoms with Gasteiger partial charge in [-0.3, -0.25) is 0 Å². The Hall–Kier alpha value is -2.24. The van der Waals surface area contributed by atoms with Crippen molar-refractivity contribution in [2.24, 2.45) is 3.77 Å². The monoisotopic (exact) mass is 369 g/mol. The van der Waals surface area contributed by atoms with Crippen molar-refractivity contribution in [2.45, 2.75) is 28.5 Å². The van der Waals surface area contributed by atoms with E-state index in [1.54, 1.807) is 30.3 Å². The van der Waals surface area contributed by atoms with Gasteiger partial charge in [0.2, 0.25) is 0 Å². The second-order valence-corrected chi connectivity index (χ2v) is 9.30. The fourth-order valence-corrected chi connectivity index (χ4v) is 5.67. The van der Waals surface area contributed by atoms with Gasteiger partial charge in [-0.25, -0.2) is 0 Å². The molecule has 3 aromatic rings. The molecule has 0 heterocycles. The number of rotatable bonds is 4. The average Bonchev–Trinajstić information content (AvgIpc) is 2.62. The van der Waals surface area contributed by atoms with Gasteiger partial charge >= 0.3 is 0 Å². The SMILES string of the molecule is Cc1ccc(S(=NS(=O)(=O)c2ccccc2)c2ccc(C)cc2)cc1. The molecule has 0 fully saturated rings. The van der Waals surface area contributed by atoms with Crippen LogP contribution in [0.3, 0.4) is 0 Å². The van der Waals surface area contributed by atoms with Crippen molar-refractivity contribution in [3.63, 3.8) is 0 Å².